The van der Waals surface area contributed by atoms with Gasteiger partial charge in [0.1, 0.15) is 5.75 Å². The first kappa shape index (κ1) is 20.1. The van der Waals surface area contributed by atoms with E-state index in [9.17, 15) is 8.42 Å². The quantitative estimate of drug-likeness (QED) is 0.723. The summed E-state index contributed by atoms with van der Waals surface area (Å²) in [5.41, 5.74) is 6.36. The molecular formula is C20H24ClNO4S. The third kappa shape index (κ3) is 3.59. The highest BCUT2D eigenvalue weighted by molar-refractivity contribution is 7.92. The number of rotatable bonds is 8. The Bertz CT molecular complexity index is 883. The molecule has 2 N–H and O–H groups in total. The van der Waals surface area contributed by atoms with Crippen LogP contribution in [0.15, 0.2) is 53.4 Å². The highest BCUT2D eigenvalue weighted by Gasteiger charge is 2.70. The fourth-order valence-corrected chi connectivity index (χ4v) is 6.37. The Morgan fingerprint density at radius 2 is 1.74 bits per heavy atom. The topological polar surface area (TPSA) is 78.6 Å². The van der Waals surface area contributed by atoms with Gasteiger partial charge in [0.15, 0.2) is 9.84 Å². The van der Waals surface area contributed by atoms with E-state index in [0.29, 0.717) is 18.2 Å². The van der Waals surface area contributed by atoms with Crippen LogP contribution in [-0.2, 0) is 14.6 Å². The summed E-state index contributed by atoms with van der Waals surface area (Å²) in [4.78, 5) is 0.252. The molecule has 2 aromatic rings. The van der Waals surface area contributed by atoms with Gasteiger partial charge >= 0.3 is 0 Å². The maximum Gasteiger partial charge on any atom is 0.182 e. The number of hydrogen-bond acceptors (Lipinski definition) is 5. The molecule has 0 amide bonds. The highest BCUT2D eigenvalue weighted by atomic mass is 35.5. The van der Waals surface area contributed by atoms with Gasteiger partial charge in [0, 0.05) is 29.5 Å². The van der Waals surface area contributed by atoms with Gasteiger partial charge in [0.05, 0.1) is 23.9 Å². The lowest BCUT2D eigenvalue weighted by Crippen LogP contribution is -2.29. The molecule has 7 heteroatoms. The van der Waals surface area contributed by atoms with Gasteiger partial charge in [-0.05, 0) is 48.9 Å². The van der Waals surface area contributed by atoms with Crippen molar-refractivity contribution in [1.29, 1.82) is 0 Å². The molecular weight excluding hydrogens is 386 g/mol. The molecule has 5 nitrogen and oxygen atoms in total. The van der Waals surface area contributed by atoms with Gasteiger partial charge in [-0.3, -0.25) is 0 Å². The van der Waals surface area contributed by atoms with Crippen LogP contribution >= 0.6 is 11.6 Å². The summed E-state index contributed by atoms with van der Waals surface area (Å²) in [7, 11) is -2.00. The largest absolute Gasteiger partial charge is 0.497 e. The van der Waals surface area contributed by atoms with Crippen LogP contribution < -0.4 is 10.5 Å². The molecule has 0 bridgehead atoms. The minimum atomic E-state index is -3.60. The van der Waals surface area contributed by atoms with Crippen LogP contribution in [0, 0.1) is 5.41 Å². The molecule has 1 saturated carbocycles. The van der Waals surface area contributed by atoms with Crippen LogP contribution in [0.1, 0.15) is 18.4 Å². The normalized spacial score (nSPS) is 24.6. The minimum absolute atomic E-state index is 0.223. The van der Waals surface area contributed by atoms with Crippen molar-refractivity contribution in [2.24, 2.45) is 11.1 Å². The van der Waals surface area contributed by atoms with Crippen molar-refractivity contribution < 1.29 is 17.9 Å². The Morgan fingerprint density at radius 3 is 2.26 bits per heavy atom. The maximum atomic E-state index is 13.4. The molecule has 146 valence electrons. The molecule has 27 heavy (non-hydrogen) atoms. The Kier molecular flexibility index (Phi) is 5.82. The zero-order valence-electron chi connectivity index (χ0n) is 15.4. The molecule has 0 spiro atoms. The van der Waals surface area contributed by atoms with Crippen molar-refractivity contribution >= 4 is 21.4 Å². The second kappa shape index (κ2) is 7.80. The number of sulfone groups is 1. The zero-order valence-corrected chi connectivity index (χ0v) is 17.0. The summed E-state index contributed by atoms with van der Waals surface area (Å²) in [6, 6.07) is 13.7. The lowest BCUT2D eigenvalue weighted by atomic mass is 10.00. The number of methoxy groups -OCH3 is 1. The maximum absolute atomic E-state index is 13.4. The van der Waals surface area contributed by atoms with Gasteiger partial charge in [-0.25, -0.2) is 8.42 Å². The third-order valence-corrected chi connectivity index (χ3v) is 7.88. The summed E-state index contributed by atoms with van der Waals surface area (Å²) in [5, 5.41) is -0.146. The van der Waals surface area contributed by atoms with Crippen LogP contribution in [0.2, 0.25) is 5.02 Å². The highest BCUT2D eigenvalue weighted by Crippen LogP contribution is 2.63. The molecule has 3 rings (SSSR count). The second-order valence-electron chi connectivity index (χ2n) is 6.74. The molecule has 0 aliphatic heterocycles. The molecule has 0 heterocycles. The van der Waals surface area contributed by atoms with E-state index in [1.165, 1.54) is 0 Å². The van der Waals surface area contributed by atoms with Crippen LogP contribution in [0.5, 0.6) is 5.75 Å². The predicted octanol–water partition coefficient (Wildman–Crippen LogP) is 3.27. The summed E-state index contributed by atoms with van der Waals surface area (Å²) < 4.78 is 37.6. The molecule has 0 unspecified atom stereocenters. The fourth-order valence-electron chi connectivity index (χ4n) is 3.80. The second-order valence-corrected chi connectivity index (χ2v) is 9.25. The number of halogens is 1. The Hall–Kier alpha value is -1.60. The number of hydrogen-bond donors (Lipinski definition) is 1. The molecule has 1 aliphatic rings. The summed E-state index contributed by atoms with van der Waals surface area (Å²) >= 11 is 5.92. The van der Waals surface area contributed by atoms with Crippen molar-refractivity contribution in [2.45, 2.75) is 23.0 Å². The van der Waals surface area contributed by atoms with Crippen LogP contribution in [0.4, 0.5) is 0 Å². The SMILES string of the molecule is CCOC[C@]1(CN)[C@@H](c2ccc(OC)cc2)[C@@H]1S(=O)(=O)c1ccc(Cl)cc1. The molecule has 0 aromatic heterocycles. The van der Waals surface area contributed by atoms with Gasteiger partial charge in [-0.15, -0.1) is 0 Å². The minimum Gasteiger partial charge on any atom is -0.497 e. The lowest BCUT2D eigenvalue weighted by Gasteiger charge is -2.16. The molecule has 0 saturated heterocycles. The van der Waals surface area contributed by atoms with Crippen molar-refractivity contribution in [2.75, 3.05) is 26.9 Å². The zero-order chi connectivity index (χ0) is 19.7. The molecule has 0 radical (unpaired) electrons. The first-order valence-electron chi connectivity index (χ1n) is 8.82. The van der Waals surface area contributed by atoms with Crippen LogP contribution in [0.25, 0.3) is 0 Å². The van der Waals surface area contributed by atoms with Crippen LogP contribution in [-0.4, -0.2) is 40.5 Å². The molecule has 2 aromatic carbocycles. The average Bonchev–Trinajstić information content (AvgIpc) is 3.37. The first-order valence-corrected chi connectivity index (χ1v) is 10.7. The van der Waals surface area contributed by atoms with Crippen LogP contribution in [0.3, 0.4) is 0 Å². The number of nitrogens with two attached hydrogens (primary N) is 1. The van der Waals surface area contributed by atoms with Gasteiger partial charge in [0.25, 0.3) is 0 Å². The van der Waals surface area contributed by atoms with Crippen molar-refractivity contribution in [3.8, 4) is 5.75 Å². The third-order valence-electron chi connectivity index (χ3n) is 5.29. The van der Waals surface area contributed by atoms with E-state index in [1.807, 2.05) is 31.2 Å². The van der Waals surface area contributed by atoms with Gasteiger partial charge in [0.2, 0.25) is 0 Å². The van der Waals surface area contributed by atoms with Gasteiger partial charge in [-0.2, -0.15) is 0 Å². The molecule has 3 atom stereocenters. The van der Waals surface area contributed by atoms with Crippen molar-refractivity contribution in [1.82, 2.24) is 0 Å². The number of ether oxygens (including phenoxy) is 2. The monoisotopic (exact) mass is 409 g/mol. The first-order chi connectivity index (χ1) is 12.9. The molecule has 1 aliphatic carbocycles. The van der Waals surface area contributed by atoms with Crippen molar-refractivity contribution in [3.63, 3.8) is 0 Å². The van der Waals surface area contributed by atoms with Gasteiger partial charge in [-0.1, -0.05) is 23.7 Å². The van der Waals surface area contributed by atoms with E-state index in [4.69, 9.17) is 26.8 Å². The van der Waals surface area contributed by atoms with E-state index in [1.54, 1.807) is 31.4 Å². The van der Waals surface area contributed by atoms with Crippen molar-refractivity contribution in [3.05, 3.63) is 59.1 Å². The van der Waals surface area contributed by atoms with E-state index in [0.717, 1.165) is 11.3 Å². The smallest absolute Gasteiger partial charge is 0.182 e. The Morgan fingerprint density at radius 1 is 1.11 bits per heavy atom. The Balaban J connectivity index is 2.02. The fraction of sp³-hybridized carbons (Fsp3) is 0.400. The van der Waals surface area contributed by atoms with Gasteiger partial charge < -0.3 is 15.2 Å². The number of benzene rings is 2. The van der Waals surface area contributed by atoms with E-state index in [2.05, 4.69) is 0 Å². The average molecular weight is 410 g/mol. The summed E-state index contributed by atoms with van der Waals surface area (Å²) in [6.45, 7) is 2.91. The summed E-state index contributed by atoms with van der Waals surface area (Å²) in [5.74, 6) is 0.486. The molecule has 1 fully saturated rings. The van der Waals surface area contributed by atoms with E-state index in [-0.39, 0.29) is 17.4 Å². The summed E-state index contributed by atoms with van der Waals surface area (Å²) in [6.07, 6.45) is 0. The standard InChI is InChI=1S/C20H24ClNO4S/c1-3-26-13-20(12-22)18(14-4-8-16(25-2)9-5-14)19(20)27(23,24)17-10-6-15(21)7-11-17/h4-11,18-19H,3,12-13,22H2,1-2H3/t18-,19-,20+/m0/s1. The van der Waals surface area contributed by atoms with E-state index < -0.39 is 20.5 Å². The lowest BCUT2D eigenvalue weighted by molar-refractivity contribution is 0.101. The predicted molar refractivity (Wildman–Crippen MR) is 106 cm³/mol. The Labute approximate surface area is 165 Å². The van der Waals surface area contributed by atoms with E-state index >= 15 is 0 Å².